The molecular formula is C68H110O6. The van der Waals surface area contributed by atoms with E-state index in [1.54, 1.807) is 0 Å². The first-order chi connectivity index (χ1) is 36.5. The van der Waals surface area contributed by atoms with Crippen molar-refractivity contribution >= 4 is 17.9 Å². The third kappa shape index (κ3) is 58.4. The highest BCUT2D eigenvalue weighted by molar-refractivity contribution is 5.71. The maximum atomic E-state index is 12.8. The molecule has 74 heavy (non-hydrogen) atoms. The van der Waals surface area contributed by atoms with Crippen molar-refractivity contribution in [2.75, 3.05) is 13.2 Å². The first kappa shape index (κ1) is 69.5. The van der Waals surface area contributed by atoms with Gasteiger partial charge in [-0.2, -0.15) is 0 Å². The predicted molar refractivity (Wildman–Crippen MR) is 320 cm³/mol. The van der Waals surface area contributed by atoms with Crippen LogP contribution in [-0.2, 0) is 28.6 Å². The number of allylic oxidation sites excluding steroid dienone is 22. The fraction of sp³-hybridized carbons (Fsp3) is 0.632. The smallest absolute Gasteiger partial charge is 0.306 e. The Morgan fingerprint density at radius 1 is 0.284 bits per heavy atom. The second kappa shape index (κ2) is 61.1. The highest BCUT2D eigenvalue weighted by atomic mass is 16.6. The van der Waals surface area contributed by atoms with E-state index < -0.39 is 6.10 Å². The van der Waals surface area contributed by atoms with Crippen LogP contribution in [0, 0.1) is 0 Å². The van der Waals surface area contributed by atoms with E-state index in [1.165, 1.54) is 77.0 Å². The van der Waals surface area contributed by atoms with E-state index in [-0.39, 0.29) is 37.5 Å². The second-order valence-corrected chi connectivity index (χ2v) is 19.5. The fourth-order valence-corrected chi connectivity index (χ4v) is 7.89. The van der Waals surface area contributed by atoms with Gasteiger partial charge < -0.3 is 14.2 Å². The summed E-state index contributed by atoms with van der Waals surface area (Å²) in [6.07, 6.45) is 86.0. The molecule has 0 aromatic rings. The van der Waals surface area contributed by atoms with Gasteiger partial charge in [-0.15, -0.1) is 0 Å². The van der Waals surface area contributed by atoms with Crippen molar-refractivity contribution in [2.24, 2.45) is 0 Å². The molecular weight excluding hydrogens is 913 g/mol. The normalized spacial score (nSPS) is 13.1. The van der Waals surface area contributed by atoms with Crippen molar-refractivity contribution in [3.8, 4) is 0 Å². The van der Waals surface area contributed by atoms with Crippen molar-refractivity contribution in [1.29, 1.82) is 0 Å². The van der Waals surface area contributed by atoms with Gasteiger partial charge in [-0.3, -0.25) is 14.4 Å². The molecule has 0 aliphatic rings. The van der Waals surface area contributed by atoms with Crippen LogP contribution in [0.15, 0.2) is 134 Å². The Kier molecular flexibility index (Phi) is 57.4. The van der Waals surface area contributed by atoms with Gasteiger partial charge >= 0.3 is 17.9 Å². The molecule has 0 aliphatic carbocycles. The van der Waals surface area contributed by atoms with Gasteiger partial charge in [0.05, 0.1) is 0 Å². The largest absolute Gasteiger partial charge is 0.462 e. The SMILES string of the molecule is CC/C=C\C/C=C\C/C=C\C/C=C\C/C=C\CCCCCCCCCCCCCC(=O)OCC(COC(=O)CCCCCCC/C=C\C/C=C\CCCC)OC(=O)CCCC/C=C\C/C=C\C/C=C\C/C=C\CC. The summed E-state index contributed by atoms with van der Waals surface area (Å²) in [5, 5.41) is 0. The minimum Gasteiger partial charge on any atom is -0.462 e. The van der Waals surface area contributed by atoms with Crippen LogP contribution in [-0.4, -0.2) is 37.2 Å². The first-order valence-electron chi connectivity index (χ1n) is 30.2. The van der Waals surface area contributed by atoms with E-state index in [0.717, 1.165) is 135 Å². The van der Waals surface area contributed by atoms with Crippen molar-refractivity contribution in [1.82, 2.24) is 0 Å². The summed E-state index contributed by atoms with van der Waals surface area (Å²) < 4.78 is 16.8. The third-order valence-corrected chi connectivity index (χ3v) is 12.4. The number of carbonyl (C=O) groups excluding carboxylic acids is 3. The highest BCUT2D eigenvalue weighted by Crippen LogP contribution is 2.15. The van der Waals surface area contributed by atoms with Crippen LogP contribution >= 0.6 is 0 Å². The minimum absolute atomic E-state index is 0.104. The van der Waals surface area contributed by atoms with Gasteiger partial charge in [0, 0.05) is 19.3 Å². The third-order valence-electron chi connectivity index (χ3n) is 12.4. The molecule has 0 spiro atoms. The first-order valence-corrected chi connectivity index (χ1v) is 30.2. The molecule has 1 atom stereocenters. The van der Waals surface area contributed by atoms with Crippen LogP contribution in [0.4, 0.5) is 0 Å². The van der Waals surface area contributed by atoms with Crippen molar-refractivity contribution < 1.29 is 28.6 Å². The number of rotatable bonds is 53. The Morgan fingerprint density at radius 3 is 0.851 bits per heavy atom. The lowest BCUT2D eigenvalue weighted by Crippen LogP contribution is -2.30. The van der Waals surface area contributed by atoms with Crippen molar-refractivity contribution in [2.45, 2.75) is 264 Å². The number of unbranched alkanes of at least 4 members (excludes halogenated alkanes) is 20. The Hall–Kier alpha value is -4.45. The van der Waals surface area contributed by atoms with Gasteiger partial charge in [-0.1, -0.05) is 244 Å². The summed E-state index contributed by atoms with van der Waals surface area (Å²) in [6, 6.07) is 0. The van der Waals surface area contributed by atoms with E-state index >= 15 is 0 Å². The molecule has 0 saturated carbocycles. The van der Waals surface area contributed by atoms with Crippen LogP contribution in [0.1, 0.15) is 258 Å². The Morgan fingerprint density at radius 2 is 0.527 bits per heavy atom. The summed E-state index contributed by atoms with van der Waals surface area (Å²) in [7, 11) is 0. The quantitative estimate of drug-likeness (QED) is 0.0261. The molecule has 0 aliphatic heterocycles. The molecule has 1 unspecified atom stereocenters. The molecule has 0 heterocycles. The molecule has 6 heteroatoms. The molecule has 0 radical (unpaired) electrons. The zero-order chi connectivity index (χ0) is 53.6. The Bertz CT molecular complexity index is 1600. The van der Waals surface area contributed by atoms with Gasteiger partial charge in [-0.25, -0.2) is 0 Å². The average molecular weight is 1020 g/mol. The lowest BCUT2D eigenvalue weighted by molar-refractivity contribution is -0.167. The van der Waals surface area contributed by atoms with Gasteiger partial charge in [0.25, 0.3) is 0 Å². The minimum atomic E-state index is -0.812. The number of esters is 3. The maximum Gasteiger partial charge on any atom is 0.306 e. The van der Waals surface area contributed by atoms with Crippen LogP contribution in [0.2, 0.25) is 0 Å². The molecule has 0 aromatic heterocycles. The summed E-state index contributed by atoms with van der Waals surface area (Å²) in [4.78, 5) is 38.2. The summed E-state index contributed by atoms with van der Waals surface area (Å²) in [5.41, 5.74) is 0. The van der Waals surface area contributed by atoms with E-state index in [1.807, 2.05) is 0 Å². The molecule has 418 valence electrons. The number of ether oxygens (including phenoxy) is 3. The molecule has 0 amide bonds. The van der Waals surface area contributed by atoms with E-state index in [9.17, 15) is 14.4 Å². The van der Waals surface area contributed by atoms with Crippen LogP contribution in [0.25, 0.3) is 0 Å². The lowest BCUT2D eigenvalue weighted by atomic mass is 10.0. The standard InChI is InChI=1S/C68H110O6/c1-4-7-10-13-16-19-22-25-28-29-30-31-32-33-34-35-36-37-38-39-41-43-46-49-52-55-58-61-67(70)73-64-65(63-72-66(69)60-57-54-51-48-45-42-27-24-21-18-15-12-9-6-3)74-68(71)62-59-56-53-50-47-44-40-26-23-20-17-14-11-8-5-2/h7-8,10-11,15-20,24-28,30-31,33-34,40,47,50,65H,4-6,9,12-14,21-23,29,32,35-39,41-46,48-49,51-64H2,1-3H3/b10-7-,11-8-,18-15-,19-16-,20-17-,27-24-,28-25-,31-30-,34-33-,40-26-,50-47-. The van der Waals surface area contributed by atoms with Crippen LogP contribution < -0.4 is 0 Å². The molecule has 6 nitrogen and oxygen atoms in total. The summed E-state index contributed by atoms with van der Waals surface area (Å²) >= 11 is 0. The Balaban J connectivity index is 4.36. The van der Waals surface area contributed by atoms with Gasteiger partial charge in [-0.05, 0) is 128 Å². The average Bonchev–Trinajstić information content (AvgIpc) is 3.40. The van der Waals surface area contributed by atoms with Crippen molar-refractivity contribution in [3.63, 3.8) is 0 Å². The molecule has 0 rings (SSSR count). The summed E-state index contributed by atoms with van der Waals surface area (Å²) in [6.45, 7) is 6.32. The van der Waals surface area contributed by atoms with E-state index in [2.05, 4.69) is 154 Å². The van der Waals surface area contributed by atoms with Gasteiger partial charge in [0.1, 0.15) is 13.2 Å². The van der Waals surface area contributed by atoms with Crippen LogP contribution in [0.3, 0.4) is 0 Å². The molecule has 0 saturated heterocycles. The van der Waals surface area contributed by atoms with Gasteiger partial charge in [0.15, 0.2) is 6.10 Å². The number of carbonyl (C=O) groups is 3. The summed E-state index contributed by atoms with van der Waals surface area (Å²) in [5.74, 6) is -0.965. The zero-order valence-corrected chi connectivity index (χ0v) is 47.8. The lowest BCUT2D eigenvalue weighted by Gasteiger charge is -2.18. The molecule has 0 bridgehead atoms. The van der Waals surface area contributed by atoms with Gasteiger partial charge in [0.2, 0.25) is 0 Å². The molecule has 0 fully saturated rings. The maximum absolute atomic E-state index is 12.8. The molecule has 0 aromatic carbocycles. The van der Waals surface area contributed by atoms with E-state index in [4.69, 9.17) is 14.2 Å². The predicted octanol–water partition coefficient (Wildman–Crippen LogP) is 20.6. The van der Waals surface area contributed by atoms with Crippen molar-refractivity contribution in [3.05, 3.63) is 134 Å². The topological polar surface area (TPSA) is 78.9 Å². The highest BCUT2D eigenvalue weighted by Gasteiger charge is 2.19. The fourth-order valence-electron chi connectivity index (χ4n) is 7.89. The molecule has 0 N–H and O–H groups in total. The Labute approximate surface area is 455 Å². The van der Waals surface area contributed by atoms with E-state index in [0.29, 0.717) is 19.3 Å². The number of hydrogen-bond acceptors (Lipinski definition) is 6. The zero-order valence-electron chi connectivity index (χ0n) is 47.8. The number of hydrogen-bond donors (Lipinski definition) is 0. The van der Waals surface area contributed by atoms with Crippen LogP contribution in [0.5, 0.6) is 0 Å². The monoisotopic (exact) mass is 1020 g/mol. The second-order valence-electron chi connectivity index (χ2n) is 19.5.